The summed E-state index contributed by atoms with van der Waals surface area (Å²) < 4.78 is 5.75. The van der Waals surface area contributed by atoms with Gasteiger partial charge in [0.1, 0.15) is 12.4 Å². The summed E-state index contributed by atoms with van der Waals surface area (Å²) in [6.45, 7) is 2.55. The van der Waals surface area contributed by atoms with Crippen LogP contribution in [0.5, 0.6) is 5.75 Å². The minimum atomic E-state index is -0.141. The lowest BCUT2D eigenvalue weighted by atomic mass is 10.1. The molecule has 0 saturated heterocycles. The van der Waals surface area contributed by atoms with Crippen LogP contribution in [-0.4, -0.2) is 12.1 Å². The normalized spacial score (nSPS) is 10.7. The van der Waals surface area contributed by atoms with E-state index in [1.54, 1.807) is 6.21 Å². The third-order valence-electron chi connectivity index (χ3n) is 4.02. The first-order chi connectivity index (χ1) is 13.2. The summed E-state index contributed by atoms with van der Waals surface area (Å²) in [7, 11) is 0. The van der Waals surface area contributed by atoms with Crippen LogP contribution in [0.3, 0.4) is 0 Å². The molecule has 0 saturated carbocycles. The van der Waals surface area contributed by atoms with Gasteiger partial charge in [0.15, 0.2) is 0 Å². The maximum Gasteiger partial charge on any atom is 0.244 e. The van der Waals surface area contributed by atoms with Crippen LogP contribution < -0.4 is 10.2 Å². The van der Waals surface area contributed by atoms with Crippen LogP contribution >= 0.6 is 0 Å². The summed E-state index contributed by atoms with van der Waals surface area (Å²) in [5.74, 6) is 0.650. The second-order valence-corrected chi connectivity index (χ2v) is 6.30. The third-order valence-corrected chi connectivity index (χ3v) is 4.02. The molecule has 0 aliphatic heterocycles. The Morgan fingerprint density at radius 1 is 0.926 bits per heavy atom. The Balaban J connectivity index is 1.46. The predicted molar refractivity (Wildman–Crippen MR) is 108 cm³/mol. The van der Waals surface area contributed by atoms with Crippen molar-refractivity contribution in [1.82, 2.24) is 5.43 Å². The predicted octanol–water partition coefficient (Wildman–Crippen LogP) is 4.27. The fourth-order valence-electron chi connectivity index (χ4n) is 2.50. The molecule has 27 heavy (non-hydrogen) atoms. The van der Waals surface area contributed by atoms with Gasteiger partial charge in [-0.05, 0) is 47.9 Å². The van der Waals surface area contributed by atoms with Gasteiger partial charge in [-0.1, -0.05) is 60.2 Å². The Kier molecular flexibility index (Phi) is 6.36. The van der Waals surface area contributed by atoms with Crippen LogP contribution in [0.4, 0.5) is 0 Å². The van der Waals surface area contributed by atoms with Crippen LogP contribution in [0.2, 0.25) is 0 Å². The SMILES string of the molecule is Cc1ccc(CC(=O)N/N=C/c2ccc(OCc3ccccc3)cc2)cc1. The quantitative estimate of drug-likeness (QED) is 0.507. The second-order valence-electron chi connectivity index (χ2n) is 6.30. The smallest absolute Gasteiger partial charge is 0.244 e. The molecule has 1 amide bonds. The standard InChI is InChI=1S/C23H22N2O2/c1-18-7-9-19(10-8-18)15-23(26)25-24-16-20-11-13-22(14-12-20)27-17-21-5-3-2-4-6-21/h2-14,16H,15,17H2,1H3,(H,25,26)/b24-16+. The fourth-order valence-corrected chi connectivity index (χ4v) is 2.50. The van der Waals surface area contributed by atoms with Crippen LogP contribution in [-0.2, 0) is 17.8 Å². The largest absolute Gasteiger partial charge is 0.489 e. The van der Waals surface area contributed by atoms with E-state index in [1.165, 1.54) is 5.56 Å². The first-order valence-electron chi connectivity index (χ1n) is 8.83. The zero-order chi connectivity index (χ0) is 18.9. The molecule has 0 aromatic heterocycles. The van der Waals surface area contributed by atoms with Crippen molar-refractivity contribution in [3.63, 3.8) is 0 Å². The Bertz CT molecular complexity index is 886. The van der Waals surface area contributed by atoms with Gasteiger partial charge in [0, 0.05) is 0 Å². The van der Waals surface area contributed by atoms with Gasteiger partial charge in [0.2, 0.25) is 5.91 Å². The summed E-state index contributed by atoms with van der Waals surface area (Å²) in [5, 5.41) is 4.01. The Hall–Kier alpha value is -3.40. The van der Waals surface area contributed by atoms with Crippen molar-refractivity contribution in [2.75, 3.05) is 0 Å². The summed E-state index contributed by atoms with van der Waals surface area (Å²) in [5.41, 5.74) is 6.71. The second kappa shape index (κ2) is 9.34. The first-order valence-corrected chi connectivity index (χ1v) is 8.83. The number of aryl methyl sites for hydroxylation is 1. The molecular weight excluding hydrogens is 336 g/mol. The number of hydrogen-bond donors (Lipinski definition) is 1. The van der Waals surface area contributed by atoms with Crippen LogP contribution in [0.15, 0.2) is 84.0 Å². The number of rotatable bonds is 7. The number of ether oxygens (including phenoxy) is 1. The van der Waals surface area contributed by atoms with E-state index in [2.05, 4.69) is 10.5 Å². The molecule has 3 rings (SSSR count). The number of amides is 1. The highest BCUT2D eigenvalue weighted by Gasteiger charge is 2.01. The molecule has 0 aliphatic rings. The summed E-state index contributed by atoms with van der Waals surface area (Å²) in [6, 6.07) is 25.5. The zero-order valence-corrected chi connectivity index (χ0v) is 15.3. The molecule has 0 radical (unpaired) electrons. The van der Waals surface area contributed by atoms with Gasteiger partial charge in [-0.25, -0.2) is 5.43 Å². The van der Waals surface area contributed by atoms with Gasteiger partial charge >= 0.3 is 0 Å². The molecular formula is C23H22N2O2. The van der Waals surface area contributed by atoms with Crippen LogP contribution in [0.1, 0.15) is 22.3 Å². The Morgan fingerprint density at radius 3 is 2.33 bits per heavy atom. The molecule has 3 aromatic carbocycles. The maximum atomic E-state index is 11.9. The molecule has 3 aromatic rings. The van der Waals surface area contributed by atoms with Crippen molar-refractivity contribution in [2.45, 2.75) is 20.0 Å². The number of benzene rings is 3. The molecule has 0 fully saturated rings. The number of hydrogen-bond acceptors (Lipinski definition) is 3. The average Bonchev–Trinajstić information content (AvgIpc) is 2.70. The monoisotopic (exact) mass is 358 g/mol. The van der Waals surface area contributed by atoms with Crippen molar-refractivity contribution in [2.24, 2.45) is 5.10 Å². The van der Waals surface area contributed by atoms with Crippen molar-refractivity contribution < 1.29 is 9.53 Å². The van der Waals surface area contributed by atoms with Gasteiger partial charge in [-0.2, -0.15) is 5.10 Å². The molecule has 4 nitrogen and oxygen atoms in total. The molecule has 0 atom stereocenters. The van der Waals surface area contributed by atoms with Crippen molar-refractivity contribution >= 4 is 12.1 Å². The molecule has 0 aliphatic carbocycles. The Labute approximate surface area is 159 Å². The summed E-state index contributed by atoms with van der Waals surface area (Å²) in [6.07, 6.45) is 1.93. The minimum absolute atomic E-state index is 0.141. The van der Waals surface area contributed by atoms with Gasteiger partial charge in [-0.3, -0.25) is 4.79 Å². The lowest BCUT2D eigenvalue weighted by Crippen LogP contribution is -2.19. The lowest BCUT2D eigenvalue weighted by Gasteiger charge is -2.06. The molecule has 136 valence electrons. The molecule has 0 spiro atoms. The van der Waals surface area contributed by atoms with Crippen molar-refractivity contribution in [3.05, 3.63) is 101 Å². The lowest BCUT2D eigenvalue weighted by molar-refractivity contribution is -0.120. The minimum Gasteiger partial charge on any atom is -0.489 e. The number of hydrazone groups is 1. The van der Waals surface area contributed by atoms with Crippen LogP contribution in [0, 0.1) is 6.92 Å². The van der Waals surface area contributed by atoms with E-state index in [9.17, 15) is 4.79 Å². The van der Waals surface area contributed by atoms with E-state index in [0.717, 1.165) is 22.4 Å². The zero-order valence-electron chi connectivity index (χ0n) is 15.3. The van der Waals surface area contributed by atoms with E-state index >= 15 is 0 Å². The van der Waals surface area contributed by atoms with Crippen LogP contribution in [0.25, 0.3) is 0 Å². The van der Waals surface area contributed by atoms with Gasteiger partial charge in [0.25, 0.3) is 0 Å². The summed E-state index contributed by atoms with van der Waals surface area (Å²) in [4.78, 5) is 11.9. The summed E-state index contributed by atoms with van der Waals surface area (Å²) >= 11 is 0. The highest BCUT2D eigenvalue weighted by molar-refractivity contribution is 5.83. The topological polar surface area (TPSA) is 50.7 Å². The van der Waals surface area contributed by atoms with E-state index in [4.69, 9.17) is 4.74 Å². The van der Waals surface area contributed by atoms with Gasteiger partial charge < -0.3 is 4.74 Å². The maximum absolute atomic E-state index is 11.9. The highest BCUT2D eigenvalue weighted by Crippen LogP contribution is 2.13. The highest BCUT2D eigenvalue weighted by atomic mass is 16.5. The molecule has 4 heteroatoms. The third kappa shape index (κ3) is 6.12. The average molecular weight is 358 g/mol. The van der Waals surface area contributed by atoms with Gasteiger partial charge in [0.05, 0.1) is 12.6 Å². The Morgan fingerprint density at radius 2 is 1.63 bits per heavy atom. The van der Waals surface area contributed by atoms with Crippen molar-refractivity contribution in [3.8, 4) is 5.75 Å². The van der Waals surface area contributed by atoms with E-state index in [-0.39, 0.29) is 5.91 Å². The number of nitrogens with zero attached hydrogens (tertiary/aromatic N) is 1. The van der Waals surface area contributed by atoms with E-state index < -0.39 is 0 Å². The molecule has 0 heterocycles. The number of carbonyl (C=O) groups is 1. The number of carbonyl (C=O) groups excluding carboxylic acids is 1. The van der Waals surface area contributed by atoms with Crippen molar-refractivity contribution in [1.29, 1.82) is 0 Å². The van der Waals surface area contributed by atoms with Gasteiger partial charge in [-0.15, -0.1) is 0 Å². The molecule has 0 bridgehead atoms. The number of nitrogens with one attached hydrogen (secondary N) is 1. The van der Waals surface area contributed by atoms with E-state index in [0.29, 0.717) is 13.0 Å². The first kappa shape index (κ1) is 18.4. The van der Waals surface area contributed by atoms with E-state index in [1.807, 2.05) is 85.8 Å². The molecule has 0 unspecified atom stereocenters. The fraction of sp³-hybridized carbons (Fsp3) is 0.130. The molecule has 1 N–H and O–H groups in total.